The molecule has 0 saturated carbocycles. The molecule has 2 aromatic heterocycles. The molecular formula is C23H18N2O. The third-order valence-corrected chi connectivity index (χ3v) is 6.34. The van der Waals surface area contributed by atoms with Crippen molar-refractivity contribution in [3.63, 3.8) is 0 Å². The molecule has 7 rings (SSSR count). The summed E-state index contributed by atoms with van der Waals surface area (Å²) in [6.45, 7) is 0.802. The molecule has 0 unspecified atom stereocenters. The van der Waals surface area contributed by atoms with Gasteiger partial charge in [-0.3, -0.25) is 0 Å². The molecule has 3 aromatic carbocycles. The fraction of sp³-hybridized carbons (Fsp3) is 0.217. The molecule has 0 bridgehead atoms. The number of hydrogen-bond donors (Lipinski definition) is 2. The molecular weight excluding hydrogens is 320 g/mol. The van der Waals surface area contributed by atoms with Crippen molar-refractivity contribution in [2.45, 2.75) is 25.7 Å². The fourth-order valence-electron chi connectivity index (χ4n) is 5.04. The van der Waals surface area contributed by atoms with Gasteiger partial charge in [0.2, 0.25) is 0 Å². The largest absolute Gasteiger partial charge is 0.493 e. The number of rotatable bonds is 0. The van der Waals surface area contributed by atoms with Gasteiger partial charge in [-0.05, 0) is 66.3 Å². The average molecular weight is 338 g/mol. The minimum Gasteiger partial charge on any atom is -0.493 e. The molecule has 2 aliphatic rings. The first-order valence-electron chi connectivity index (χ1n) is 9.52. The molecule has 0 fully saturated rings. The molecule has 0 amide bonds. The van der Waals surface area contributed by atoms with E-state index in [4.69, 9.17) is 4.74 Å². The Morgan fingerprint density at radius 3 is 1.92 bits per heavy atom. The molecule has 3 nitrogen and oxygen atoms in total. The normalized spacial score (nSPS) is 16.0. The maximum absolute atomic E-state index is 5.74. The lowest BCUT2D eigenvalue weighted by Crippen LogP contribution is -1.85. The molecule has 3 heteroatoms. The van der Waals surface area contributed by atoms with Gasteiger partial charge in [0.05, 0.1) is 12.1 Å². The van der Waals surface area contributed by atoms with Crippen LogP contribution in [-0.4, -0.2) is 16.6 Å². The molecule has 0 atom stereocenters. The van der Waals surface area contributed by atoms with Crippen LogP contribution in [0.15, 0.2) is 36.4 Å². The van der Waals surface area contributed by atoms with Crippen LogP contribution in [0.4, 0.5) is 0 Å². The molecule has 0 saturated heterocycles. The minimum atomic E-state index is 0.802. The van der Waals surface area contributed by atoms with Crippen LogP contribution in [0.25, 0.3) is 43.6 Å². The Hall–Kier alpha value is -2.94. The quantitative estimate of drug-likeness (QED) is 0.391. The summed E-state index contributed by atoms with van der Waals surface area (Å²) >= 11 is 0. The standard InChI is InChI=1S/C23H18N2O/c1-2-12-6-15-17-9-21-18(10-20(17)24-19(15)8-13(12)3-1)16-7-14-4-5-26-23(14)11-22(16)25-21/h6-11,24-25H,1-5H2. The third-order valence-electron chi connectivity index (χ3n) is 6.34. The lowest BCUT2D eigenvalue weighted by atomic mass is 10.0. The molecule has 0 spiro atoms. The number of aromatic nitrogens is 2. The van der Waals surface area contributed by atoms with Gasteiger partial charge in [0.15, 0.2) is 0 Å². The lowest BCUT2D eigenvalue weighted by Gasteiger charge is -1.99. The van der Waals surface area contributed by atoms with Crippen molar-refractivity contribution in [1.29, 1.82) is 0 Å². The molecule has 3 heterocycles. The van der Waals surface area contributed by atoms with Crippen LogP contribution in [0.3, 0.4) is 0 Å². The van der Waals surface area contributed by atoms with Gasteiger partial charge >= 0.3 is 0 Å². The summed E-state index contributed by atoms with van der Waals surface area (Å²) in [6, 6.07) is 13.9. The van der Waals surface area contributed by atoms with E-state index in [0.29, 0.717) is 0 Å². The Labute approximate surface area is 150 Å². The van der Waals surface area contributed by atoms with Gasteiger partial charge in [0, 0.05) is 50.6 Å². The summed E-state index contributed by atoms with van der Waals surface area (Å²) in [6.07, 6.45) is 4.74. The first kappa shape index (κ1) is 13.3. The van der Waals surface area contributed by atoms with E-state index in [0.717, 1.165) is 18.8 Å². The predicted molar refractivity (Wildman–Crippen MR) is 106 cm³/mol. The van der Waals surface area contributed by atoms with Gasteiger partial charge in [0.1, 0.15) is 5.75 Å². The first-order valence-corrected chi connectivity index (χ1v) is 9.52. The van der Waals surface area contributed by atoms with Gasteiger partial charge in [-0.15, -0.1) is 0 Å². The number of H-pyrrole nitrogens is 2. The Balaban J connectivity index is 1.58. The van der Waals surface area contributed by atoms with E-state index in [2.05, 4.69) is 46.4 Å². The number of benzene rings is 3. The predicted octanol–water partition coefficient (Wildman–Crippen LogP) is 5.38. The van der Waals surface area contributed by atoms with E-state index in [1.165, 1.54) is 79.6 Å². The van der Waals surface area contributed by atoms with Gasteiger partial charge in [-0.2, -0.15) is 0 Å². The number of hydrogen-bond acceptors (Lipinski definition) is 1. The average Bonchev–Trinajstić information content (AvgIpc) is 3.40. The summed E-state index contributed by atoms with van der Waals surface area (Å²) in [7, 11) is 0. The van der Waals surface area contributed by atoms with Crippen LogP contribution in [0.2, 0.25) is 0 Å². The van der Waals surface area contributed by atoms with Crippen molar-refractivity contribution < 1.29 is 4.74 Å². The van der Waals surface area contributed by atoms with Crippen molar-refractivity contribution in [3.8, 4) is 5.75 Å². The Morgan fingerprint density at radius 1 is 0.577 bits per heavy atom. The van der Waals surface area contributed by atoms with Gasteiger partial charge in [0.25, 0.3) is 0 Å². The molecule has 1 aliphatic heterocycles. The van der Waals surface area contributed by atoms with E-state index in [-0.39, 0.29) is 0 Å². The zero-order chi connectivity index (χ0) is 16.8. The van der Waals surface area contributed by atoms with E-state index >= 15 is 0 Å². The van der Waals surface area contributed by atoms with Gasteiger partial charge < -0.3 is 14.7 Å². The summed E-state index contributed by atoms with van der Waals surface area (Å²) in [5.74, 6) is 1.04. The SMILES string of the molecule is c1c2c(cc3c1[nH]c1cc4c(cc13)[nH]c1cc3c(cc14)CCO3)CCC2. The summed E-state index contributed by atoms with van der Waals surface area (Å²) in [5, 5.41) is 5.26. The highest BCUT2D eigenvalue weighted by atomic mass is 16.5. The number of aromatic amines is 2. The van der Waals surface area contributed by atoms with Crippen molar-refractivity contribution in [3.05, 3.63) is 53.1 Å². The Bertz CT molecular complexity index is 1280. The van der Waals surface area contributed by atoms with Crippen molar-refractivity contribution in [1.82, 2.24) is 9.97 Å². The fourth-order valence-corrected chi connectivity index (χ4v) is 5.04. The molecule has 2 N–H and O–H groups in total. The number of nitrogens with one attached hydrogen (secondary N) is 2. The van der Waals surface area contributed by atoms with E-state index in [1.54, 1.807) is 0 Å². The Kier molecular flexibility index (Phi) is 2.26. The highest BCUT2D eigenvalue weighted by molar-refractivity contribution is 6.17. The van der Waals surface area contributed by atoms with Crippen LogP contribution in [0, 0.1) is 0 Å². The van der Waals surface area contributed by atoms with Crippen molar-refractivity contribution >= 4 is 43.6 Å². The van der Waals surface area contributed by atoms with Crippen LogP contribution < -0.4 is 4.74 Å². The molecule has 0 radical (unpaired) electrons. The number of fused-ring (bicyclic) bond motifs is 8. The molecule has 126 valence electrons. The second-order valence-corrected chi connectivity index (χ2v) is 7.82. The second-order valence-electron chi connectivity index (χ2n) is 7.82. The van der Waals surface area contributed by atoms with Crippen LogP contribution >= 0.6 is 0 Å². The van der Waals surface area contributed by atoms with E-state index in [9.17, 15) is 0 Å². The first-order chi connectivity index (χ1) is 12.8. The van der Waals surface area contributed by atoms with Gasteiger partial charge in [-0.25, -0.2) is 0 Å². The Morgan fingerprint density at radius 2 is 1.15 bits per heavy atom. The summed E-state index contributed by atoms with van der Waals surface area (Å²) in [5.41, 5.74) is 9.25. The van der Waals surface area contributed by atoms with E-state index in [1.807, 2.05) is 0 Å². The zero-order valence-corrected chi connectivity index (χ0v) is 14.4. The van der Waals surface area contributed by atoms with Crippen molar-refractivity contribution in [2.24, 2.45) is 0 Å². The highest BCUT2D eigenvalue weighted by Gasteiger charge is 2.18. The summed E-state index contributed by atoms with van der Waals surface area (Å²) in [4.78, 5) is 7.28. The monoisotopic (exact) mass is 338 g/mol. The minimum absolute atomic E-state index is 0.802. The second kappa shape index (κ2) is 4.42. The third kappa shape index (κ3) is 1.59. The summed E-state index contributed by atoms with van der Waals surface area (Å²) < 4.78 is 5.74. The van der Waals surface area contributed by atoms with E-state index < -0.39 is 0 Å². The molecule has 1 aliphatic carbocycles. The maximum Gasteiger partial charge on any atom is 0.124 e. The maximum atomic E-state index is 5.74. The van der Waals surface area contributed by atoms with Crippen LogP contribution in [0.1, 0.15) is 23.1 Å². The van der Waals surface area contributed by atoms with Crippen molar-refractivity contribution in [2.75, 3.05) is 6.61 Å². The lowest BCUT2D eigenvalue weighted by molar-refractivity contribution is 0.357. The topological polar surface area (TPSA) is 40.8 Å². The smallest absolute Gasteiger partial charge is 0.124 e. The zero-order valence-electron chi connectivity index (χ0n) is 14.4. The van der Waals surface area contributed by atoms with Gasteiger partial charge in [-0.1, -0.05) is 0 Å². The van der Waals surface area contributed by atoms with Crippen LogP contribution in [-0.2, 0) is 19.3 Å². The van der Waals surface area contributed by atoms with Crippen LogP contribution in [0.5, 0.6) is 5.75 Å². The highest BCUT2D eigenvalue weighted by Crippen LogP contribution is 2.38. The number of aryl methyl sites for hydroxylation is 2. The molecule has 26 heavy (non-hydrogen) atoms. The molecule has 5 aromatic rings. The number of ether oxygens (including phenoxy) is 1.